The molecule has 1 fully saturated rings. The number of aryl methyl sites for hydroxylation is 1. The molecule has 7 heteroatoms. The molecule has 1 saturated heterocycles. The van der Waals surface area contributed by atoms with Crippen molar-refractivity contribution in [3.63, 3.8) is 0 Å². The van der Waals surface area contributed by atoms with Crippen molar-refractivity contribution in [2.24, 2.45) is 11.8 Å². The molecule has 1 atom stereocenters. The molecular weight excluding hydrogens is 394 g/mol. The monoisotopic (exact) mass is 425 g/mol. The lowest BCUT2D eigenvalue weighted by molar-refractivity contribution is -0.136. The van der Waals surface area contributed by atoms with Gasteiger partial charge in [0.05, 0.1) is 12.8 Å². The van der Waals surface area contributed by atoms with Crippen molar-refractivity contribution in [2.45, 2.75) is 46.2 Å². The Labute approximate surface area is 183 Å². The summed E-state index contributed by atoms with van der Waals surface area (Å²) in [6.07, 6.45) is 2.87. The van der Waals surface area contributed by atoms with Gasteiger partial charge in [-0.1, -0.05) is 31.5 Å². The topological polar surface area (TPSA) is 91.7 Å². The number of benzene rings is 1. The summed E-state index contributed by atoms with van der Waals surface area (Å²) in [6, 6.07) is 10.1. The summed E-state index contributed by atoms with van der Waals surface area (Å²) in [5, 5.41) is 5.81. The Bertz CT molecular complexity index is 882. The minimum atomic E-state index is -0.680. The summed E-state index contributed by atoms with van der Waals surface area (Å²) in [5.74, 6) is 0.145. The number of nitrogens with one attached hydrogen (secondary N) is 2. The van der Waals surface area contributed by atoms with Crippen LogP contribution in [-0.2, 0) is 16.1 Å². The SMILES string of the molecule is Cc1ccc(C(=O)N[C@H](C(=O)NCc2ccco2)C2CCN(C(=O)C(C)C)CC2)cc1. The molecule has 1 aliphatic heterocycles. The van der Waals surface area contributed by atoms with Gasteiger partial charge in [-0.25, -0.2) is 0 Å². The number of likely N-dealkylation sites (tertiary alicyclic amines) is 1. The Kier molecular flexibility index (Phi) is 7.50. The molecule has 0 radical (unpaired) electrons. The number of amides is 3. The minimum Gasteiger partial charge on any atom is -0.467 e. The van der Waals surface area contributed by atoms with Gasteiger partial charge in [0.2, 0.25) is 11.8 Å². The maximum Gasteiger partial charge on any atom is 0.251 e. The first kappa shape index (κ1) is 22.6. The summed E-state index contributed by atoms with van der Waals surface area (Å²) in [4.78, 5) is 40.0. The quantitative estimate of drug-likeness (QED) is 0.714. The highest BCUT2D eigenvalue weighted by molar-refractivity contribution is 5.97. The van der Waals surface area contributed by atoms with Crippen molar-refractivity contribution in [1.29, 1.82) is 0 Å². The van der Waals surface area contributed by atoms with E-state index in [0.29, 0.717) is 37.3 Å². The highest BCUT2D eigenvalue weighted by Gasteiger charge is 2.34. The van der Waals surface area contributed by atoms with Crippen LogP contribution < -0.4 is 10.6 Å². The van der Waals surface area contributed by atoms with Crippen molar-refractivity contribution in [3.05, 3.63) is 59.5 Å². The van der Waals surface area contributed by atoms with Crippen molar-refractivity contribution in [1.82, 2.24) is 15.5 Å². The van der Waals surface area contributed by atoms with E-state index in [1.54, 1.807) is 30.5 Å². The zero-order valence-electron chi connectivity index (χ0n) is 18.4. The van der Waals surface area contributed by atoms with E-state index in [1.807, 2.05) is 37.8 Å². The van der Waals surface area contributed by atoms with Crippen LogP contribution in [0.4, 0.5) is 0 Å². The number of hydrogen-bond acceptors (Lipinski definition) is 4. The fourth-order valence-electron chi connectivity index (χ4n) is 3.84. The van der Waals surface area contributed by atoms with Gasteiger partial charge in [-0.2, -0.15) is 0 Å². The number of hydrogen-bond donors (Lipinski definition) is 2. The van der Waals surface area contributed by atoms with Crippen molar-refractivity contribution in [2.75, 3.05) is 13.1 Å². The molecule has 0 spiro atoms. The van der Waals surface area contributed by atoms with Crippen LogP contribution in [0.3, 0.4) is 0 Å². The zero-order valence-corrected chi connectivity index (χ0v) is 18.4. The van der Waals surface area contributed by atoms with E-state index in [9.17, 15) is 14.4 Å². The normalized spacial score (nSPS) is 15.5. The smallest absolute Gasteiger partial charge is 0.251 e. The Hall–Kier alpha value is -3.09. The van der Waals surface area contributed by atoms with Gasteiger partial charge < -0.3 is 20.0 Å². The molecule has 3 rings (SSSR count). The highest BCUT2D eigenvalue weighted by Crippen LogP contribution is 2.23. The third kappa shape index (κ3) is 5.96. The third-order valence-electron chi connectivity index (χ3n) is 5.72. The molecule has 166 valence electrons. The molecule has 1 aromatic carbocycles. The molecule has 2 N–H and O–H groups in total. The number of furan rings is 1. The minimum absolute atomic E-state index is 0.0508. The average molecular weight is 426 g/mol. The lowest BCUT2D eigenvalue weighted by Crippen LogP contribution is -2.54. The van der Waals surface area contributed by atoms with Gasteiger partial charge in [-0.3, -0.25) is 14.4 Å². The molecule has 0 aliphatic carbocycles. The molecule has 3 amide bonds. The lowest BCUT2D eigenvalue weighted by atomic mass is 9.88. The maximum atomic E-state index is 13.0. The van der Waals surface area contributed by atoms with Gasteiger partial charge in [-0.05, 0) is 49.9 Å². The first-order valence-electron chi connectivity index (χ1n) is 10.8. The van der Waals surface area contributed by atoms with Crippen LogP contribution in [0, 0.1) is 18.8 Å². The second-order valence-electron chi connectivity index (χ2n) is 8.43. The summed E-state index contributed by atoms with van der Waals surface area (Å²) in [6.45, 7) is 7.17. The molecule has 1 aromatic heterocycles. The predicted octanol–water partition coefficient (Wildman–Crippen LogP) is 2.90. The van der Waals surface area contributed by atoms with E-state index < -0.39 is 6.04 Å². The summed E-state index contributed by atoms with van der Waals surface area (Å²) >= 11 is 0. The Morgan fingerprint density at radius 1 is 1.10 bits per heavy atom. The molecule has 0 saturated carbocycles. The molecule has 7 nitrogen and oxygen atoms in total. The molecule has 0 bridgehead atoms. The predicted molar refractivity (Wildman–Crippen MR) is 117 cm³/mol. The van der Waals surface area contributed by atoms with Gasteiger partial charge in [0.25, 0.3) is 5.91 Å². The van der Waals surface area contributed by atoms with Crippen LogP contribution in [0.15, 0.2) is 47.1 Å². The molecule has 2 heterocycles. The first-order chi connectivity index (χ1) is 14.8. The highest BCUT2D eigenvalue weighted by atomic mass is 16.3. The fourth-order valence-corrected chi connectivity index (χ4v) is 3.84. The number of carbonyl (C=O) groups excluding carboxylic acids is 3. The Balaban J connectivity index is 1.69. The molecule has 0 unspecified atom stereocenters. The number of nitrogens with zero attached hydrogens (tertiary/aromatic N) is 1. The van der Waals surface area contributed by atoms with E-state index in [1.165, 1.54) is 0 Å². The van der Waals surface area contributed by atoms with E-state index in [2.05, 4.69) is 10.6 Å². The number of piperidine rings is 1. The number of rotatable bonds is 7. The van der Waals surface area contributed by atoms with Gasteiger partial charge in [-0.15, -0.1) is 0 Å². The van der Waals surface area contributed by atoms with Crippen LogP contribution in [0.5, 0.6) is 0 Å². The number of carbonyl (C=O) groups is 3. The van der Waals surface area contributed by atoms with Crippen LogP contribution in [0.2, 0.25) is 0 Å². The second kappa shape index (κ2) is 10.3. The zero-order chi connectivity index (χ0) is 22.4. The standard InChI is InChI=1S/C24H31N3O4/c1-16(2)24(30)27-12-10-18(11-13-27)21(23(29)25-15-20-5-4-14-31-20)26-22(28)19-8-6-17(3)7-9-19/h4-9,14,16,18,21H,10-13,15H2,1-3H3,(H,25,29)(H,26,28)/t21-/m0/s1. The molecule has 1 aliphatic rings. The lowest BCUT2D eigenvalue weighted by Gasteiger charge is -2.36. The Morgan fingerprint density at radius 3 is 2.35 bits per heavy atom. The van der Waals surface area contributed by atoms with Crippen LogP contribution in [0.1, 0.15) is 48.4 Å². The maximum absolute atomic E-state index is 13.0. The van der Waals surface area contributed by atoms with Gasteiger partial charge in [0, 0.05) is 24.6 Å². The summed E-state index contributed by atoms with van der Waals surface area (Å²) < 4.78 is 5.29. The largest absolute Gasteiger partial charge is 0.467 e. The van der Waals surface area contributed by atoms with Crippen LogP contribution in [-0.4, -0.2) is 41.8 Å². The van der Waals surface area contributed by atoms with E-state index in [4.69, 9.17) is 4.42 Å². The van der Waals surface area contributed by atoms with Crippen molar-refractivity contribution >= 4 is 17.7 Å². The molecule has 31 heavy (non-hydrogen) atoms. The summed E-state index contributed by atoms with van der Waals surface area (Å²) in [5.41, 5.74) is 1.58. The van der Waals surface area contributed by atoms with Gasteiger partial charge >= 0.3 is 0 Å². The van der Waals surface area contributed by atoms with Gasteiger partial charge in [0.15, 0.2) is 0 Å². The van der Waals surface area contributed by atoms with E-state index >= 15 is 0 Å². The van der Waals surface area contributed by atoms with Crippen molar-refractivity contribution < 1.29 is 18.8 Å². The van der Waals surface area contributed by atoms with Crippen molar-refractivity contribution in [3.8, 4) is 0 Å². The van der Waals surface area contributed by atoms with Gasteiger partial charge in [0.1, 0.15) is 11.8 Å². The molecular formula is C24H31N3O4. The Morgan fingerprint density at radius 2 is 1.77 bits per heavy atom. The first-order valence-corrected chi connectivity index (χ1v) is 10.8. The molecule has 2 aromatic rings. The van der Waals surface area contributed by atoms with E-state index in [-0.39, 0.29) is 36.1 Å². The average Bonchev–Trinajstić information content (AvgIpc) is 3.29. The van der Waals surface area contributed by atoms with Crippen LogP contribution in [0.25, 0.3) is 0 Å². The summed E-state index contributed by atoms with van der Waals surface area (Å²) in [7, 11) is 0. The third-order valence-corrected chi connectivity index (χ3v) is 5.72. The second-order valence-corrected chi connectivity index (χ2v) is 8.43. The fraction of sp³-hybridized carbons (Fsp3) is 0.458. The van der Waals surface area contributed by atoms with E-state index in [0.717, 1.165) is 5.56 Å². The van der Waals surface area contributed by atoms with Crippen LogP contribution >= 0.6 is 0 Å².